The van der Waals surface area contributed by atoms with Gasteiger partial charge in [0.2, 0.25) is 0 Å². The number of rotatable bonds is 6. The van der Waals surface area contributed by atoms with Crippen molar-refractivity contribution in [1.82, 2.24) is 19.5 Å². The third kappa shape index (κ3) is 5.45. The maximum absolute atomic E-state index is 5.01. The van der Waals surface area contributed by atoms with Gasteiger partial charge in [0.1, 0.15) is 0 Å². The van der Waals surface area contributed by atoms with Crippen LogP contribution in [0.3, 0.4) is 0 Å². The lowest BCUT2D eigenvalue weighted by molar-refractivity contribution is 1.04. The summed E-state index contributed by atoms with van der Waals surface area (Å²) in [5, 5.41) is 7.06. The van der Waals surface area contributed by atoms with Crippen molar-refractivity contribution in [2.45, 2.75) is 0 Å². The van der Waals surface area contributed by atoms with E-state index in [1.807, 2.05) is 36.4 Å². The van der Waals surface area contributed by atoms with E-state index in [0.29, 0.717) is 17.5 Å². The van der Waals surface area contributed by atoms with Crippen molar-refractivity contribution in [1.29, 1.82) is 0 Å². The van der Waals surface area contributed by atoms with Crippen LogP contribution in [0.5, 0.6) is 0 Å². The monoisotopic (exact) mass is 628 g/mol. The second-order valence-corrected chi connectivity index (χ2v) is 11.7. The maximum Gasteiger partial charge on any atom is 0.164 e. The zero-order chi connectivity index (χ0) is 33.2. The average Bonchev–Trinajstić information content (AvgIpc) is 3.21. The molecular formula is C45H32N4. The minimum Gasteiger partial charge on any atom is -0.309 e. The van der Waals surface area contributed by atoms with Gasteiger partial charge in [-0.05, 0) is 45.8 Å². The molecule has 0 bridgehead atoms. The van der Waals surface area contributed by atoms with Gasteiger partial charge in [-0.25, -0.2) is 15.0 Å². The largest absolute Gasteiger partial charge is 0.309 e. The summed E-state index contributed by atoms with van der Waals surface area (Å²) in [6, 6.07) is 53.1. The Morgan fingerprint density at radius 2 is 0.939 bits per heavy atom. The smallest absolute Gasteiger partial charge is 0.164 e. The van der Waals surface area contributed by atoms with Crippen LogP contribution in [0.25, 0.3) is 77.4 Å². The molecule has 8 rings (SSSR count). The Bertz CT molecular complexity index is 2540. The first-order chi connectivity index (χ1) is 24.2. The zero-order valence-electron chi connectivity index (χ0n) is 26.9. The molecule has 4 heteroatoms. The highest BCUT2D eigenvalue weighted by Gasteiger charge is 2.15. The van der Waals surface area contributed by atoms with E-state index >= 15 is 0 Å². The van der Waals surface area contributed by atoms with Crippen LogP contribution in [0.1, 0.15) is 5.82 Å². The van der Waals surface area contributed by atoms with Gasteiger partial charge >= 0.3 is 0 Å². The lowest BCUT2D eigenvalue weighted by Gasteiger charge is -2.15. The van der Waals surface area contributed by atoms with Gasteiger partial charge in [0.05, 0.1) is 11.0 Å². The predicted molar refractivity (Wildman–Crippen MR) is 206 cm³/mol. The molecule has 49 heavy (non-hydrogen) atoms. The highest BCUT2D eigenvalue weighted by atomic mass is 15.0. The van der Waals surface area contributed by atoms with Crippen LogP contribution in [0.15, 0.2) is 183 Å². The van der Waals surface area contributed by atoms with Gasteiger partial charge in [-0.15, -0.1) is 0 Å². The number of fused-ring (bicyclic) bond motifs is 7. The predicted octanol–water partition coefficient (Wildman–Crippen LogP) is 11.5. The van der Waals surface area contributed by atoms with Gasteiger partial charge < -0.3 is 4.57 Å². The fraction of sp³-hybridized carbons (Fsp3) is 0. The van der Waals surface area contributed by atoms with E-state index in [9.17, 15) is 0 Å². The van der Waals surface area contributed by atoms with E-state index in [4.69, 9.17) is 15.0 Å². The molecule has 0 amide bonds. The number of aromatic nitrogens is 4. The quantitative estimate of drug-likeness (QED) is 0.172. The fourth-order valence-electron chi connectivity index (χ4n) is 6.60. The Balaban J connectivity index is 1.48. The van der Waals surface area contributed by atoms with Crippen LogP contribution in [0.4, 0.5) is 0 Å². The van der Waals surface area contributed by atoms with E-state index in [1.54, 1.807) is 12.2 Å². The number of nitrogens with zero attached hydrogens (tertiary/aromatic N) is 4. The fourth-order valence-corrected chi connectivity index (χ4v) is 6.60. The van der Waals surface area contributed by atoms with Gasteiger partial charge in [0, 0.05) is 33.2 Å². The highest BCUT2D eigenvalue weighted by molar-refractivity contribution is 6.19. The Labute approximate surface area is 285 Å². The molecule has 0 radical (unpaired) electrons. The van der Waals surface area contributed by atoms with Crippen molar-refractivity contribution in [3.05, 3.63) is 189 Å². The van der Waals surface area contributed by atoms with Crippen LogP contribution in [0.2, 0.25) is 0 Å². The number of hydrogen-bond donors (Lipinski definition) is 0. The molecule has 2 aromatic heterocycles. The lowest BCUT2D eigenvalue weighted by Crippen LogP contribution is -2.03. The van der Waals surface area contributed by atoms with Gasteiger partial charge in [0.15, 0.2) is 17.5 Å². The van der Waals surface area contributed by atoms with Gasteiger partial charge in [0.25, 0.3) is 0 Å². The van der Waals surface area contributed by atoms with E-state index in [2.05, 4.69) is 139 Å². The summed E-state index contributed by atoms with van der Waals surface area (Å²) in [5.74, 6) is 1.70. The normalized spacial score (nSPS) is 11.6. The number of allylic oxidation sites excluding steroid dienone is 4. The molecule has 2 heterocycles. The van der Waals surface area contributed by atoms with Crippen LogP contribution in [0, 0.1) is 0 Å². The van der Waals surface area contributed by atoms with Crippen molar-refractivity contribution in [2.24, 2.45) is 0 Å². The van der Waals surface area contributed by atoms with E-state index < -0.39 is 0 Å². The molecule has 0 saturated heterocycles. The van der Waals surface area contributed by atoms with Crippen molar-refractivity contribution in [3.8, 4) is 28.5 Å². The summed E-state index contributed by atoms with van der Waals surface area (Å²) in [6.45, 7) is 7.90. The Morgan fingerprint density at radius 1 is 0.469 bits per heavy atom. The Morgan fingerprint density at radius 3 is 1.49 bits per heavy atom. The molecule has 0 saturated carbocycles. The van der Waals surface area contributed by atoms with Crippen molar-refractivity contribution in [2.75, 3.05) is 0 Å². The number of hydrogen-bond acceptors (Lipinski definition) is 3. The van der Waals surface area contributed by atoms with Crippen LogP contribution in [-0.4, -0.2) is 19.5 Å². The maximum atomic E-state index is 5.01. The average molecular weight is 629 g/mol. The van der Waals surface area contributed by atoms with Crippen LogP contribution in [-0.2, 0) is 0 Å². The molecule has 0 aliphatic rings. The molecule has 6 aromatic carbocycles. The summed E-state index contributed by atoms with van der Waals surface area (Å²) < 4.78 is 2.36. The Hall–Kier alpha value is -6.65. The van der Waals surface area contributed by atoms with Crippen molar-refractivity contribution < 1.29 is 0 Å². The molecule has 8 aromatic rings. The number of benzene rings is 6. The summed E-state index contributed by atoms with van der Waals surface area (Å²) in [7, 11) is 0. The van der Waals surface area contributed by atoms with E-state index in [1.165, 1.54) is 21.5 Å². The van der Waals surface area contributed by atoms with E-state index in [-0.39, 0.29) is 0 Å². The molecule has 0 unspecified atom stereocenters. The molecule has 4 nitrogen and oxygen atoms in total. The molecule has 0 fully saturated rings. The van der Waals surface area contributed by atoms with Gasteiger partial charge in [-0.3, -0.25) is 0 Å². The first-order valence-electron chi connectivity index (χ1n) is 16.3. The molecule has 0 atom stereocenters. The topological polar surface area (TPSA) is 43.6 Å². The molecule has 0 spiro atoms. The minimum absolute atomic E-state index is 0.538. The van der Waals surface area contributed by atoms with Gasteiger partial charge in [-0.2, -0.15) is 0 Å². The van der Waals surface area contributed by atoms with Crippen LogP contribution < -0.4 is 0 Å². The second-order valence-electron chi connectivity index (χ2n) is 11.7. The zero-order valence-corrected chi connectivity index (χ0v) is 26.9. The molecule has 0 aliphatic heterocycles. The summed E-state index contributed by atoms with van der Waals surface area (Å²) in [4.78, 5) is 14.8. The standard InChI is InChI=1S/C45H32N4/c1-3-17-31(4-2)43-46-44(32-18-6-5-7-19-32)48-45(47-43)33-20-16-21-34(30-33)49-41-28-14-12-26-39(41)37-24-10-8-22-35(37)36-23-9-11-25-38(36)40-27-13-15-29-42(40)49/h3-30H,1-2H2/b31-17+. The summed E-state index contributed by atoms with van der Waals surface area (Å²) in [5.41, 5.74) is 5.70. The molecule has 232 valence electrons. The van der Waals surface area contributed by atoms with Crippen LogP contribution >= 0.6 is 0 Å². The molecule has 0 N–H and O–H groups in total. The third-order valence-electron chi connectivity index (χ3n) is 8.82. The molecule has 0 aliphatic carbocycles. The van der Waals surface area contributed by atoms with E-state index in [0.717, 1.165) is 44.2 Å². The summed E-state index contributed by atoms with van der Waals surface area (Å²) in [6.07, 6.45) is 5.34. The highest BCUT2D eigenvalue weighted by Crippen LogP contribution is 2.34. The second kappa shape index (κ2) is 12.9. The Kier molecular flexibility index (Phi) is 7.80. The first-order valence-corrected chi connectivity index (χ1v) is 16.3. The number of para-hydroxylation sites is 2. The SMILES string of the molecule is C=C/C=C(\C=C)c1nc(-c2ccccc2)nc(-c2cccc(-n3c4ccccc4c4ccccc4c4ccccc4c4ccccc43)c2)n1. The summed E-state index contributed by atoms with van der Waals surface area (Å²) >= 11 is 0. The van der Waals surface area contributed by atoms with Crippen molar-refractivity contribution in [3.63, 3.8) is 0 Å². The van der Waals surface area contributed by atoms with Gasteiger partial charge in [-0.1, -0.05) is 159 Å². The van der Waals surface area contributed by atoms with Crippen molar-refractivity contribution >= 4 is 48.9 Å². The molecular weight excluding hydrogens is 597 g/mol. The lowest BCUT2D eigenvalue weighted by atomic mass is 10.0. The minimum atomic E-state index is 0.538. The third-order valence-corrected chi connectivity index (χ3v) is 8.82. The first kappa shape index (κ1) is 29.7.